The lowest BCUT2D eigenvalue weighted by Crippen LogP contribution is -1.98. The Morgan fingerprint density at radius 3 is 2.63 bits per heavy atom. The van der Waals surface area contributed by atoms with Gasteiger partial charge < -0.3 is 14.0 Å². The van der Waals surface area contributed by atoms with E-state index in [9.17, 15) is 4.79 Å². The third-order valence-electron chi connectivity index (χ3n) is 5.34. The summed E-state index contributed by atoms with van der Waals surface area (Å²) in [5.74, 6) is 1.45. The number of nitrogens with zero attached hydrogens (tertiary/aromatic N) is 1. The number of carbonyl (C=O) groups excluding carboxylic acids is 1. The Labute approximate surface area is 175 Å². The van der Waals surface area contributed by atoms with Gasteiger partial charge in [0.2, 0.25) is 5.78 Å². The molecule has 4 aromatic rings. The zero-order valence-electron chi connectivity index (χ0n) is 16.7. The van der Waals surface area contributed by atoms with E-state index in [0.29, 0.717) is 29.4 Å². The molecule has 148 valence electrons. The van der Waals surface area contributed by atoms with E-state index in [4.69, 9.17) is 9.47 Å². The van der Waals surface area contributed by atoms with Gasteiger partial charge in [-0.15, -0.1) is 0 Å². The number of hydrogen-bond acceptors (Lipinski definition) is 3. The minimum Gasteiger partial charge on any atom is -0.489 e. The summed E-state index contributed by atoms with van der Waals surface area (Å²) in [5, 5.41) is 1.10. The summed E-state index contributed by atoms with van der Waals surface area (Å²) in [6.07, 6.45) is 3.90. The summed E-state index contributed by atoms with van der Waals surface area (Å²) >= 11 is 0. The van der Waals surface area contributed by atoms with E-state index >= 15 is 0 Å². The molecule has 30 heavy (non-hydrogen) atoms. The number of ketones is 1. The van der Waals surface area contributed by atoms with Gasteiger partial charge >= 0.3 is 0 Å². The molecule has 1 aromatic heterocycles. The van der Waals surface area contributed by atoms with E-state index in [2.05, 4.69) is 29.8 Å². The number of aromatic nitrogens is 1. The molecule has 5 rings (SSSR count). The summed E-state index contributed by atoms with van der Waals surface area (Å²) < 4.78 is 14.0. The summed E-state index contributed by atoms with van der Waals surface area (Å²) in [4.78, 5) is 12.9. The molecule has 0 radical (unpaired) electrons. The average molecular weight is 395 g/mol. The molecular formula is C26H21NO3. The van der Waals surface area contributed by atoms with Crippen molar-refractivity contribution in [1.82, 2.24) is 4.57 Å². The third kappa shape index (κ3) is 3.26. The topological polar surface area (TPSA) is 40.5 Å². The highest BCUT2D eigenvalue weighted by Gasteiger charge is 2.28. The van der Waals surface area contributed by atoms with Gasteiger partial charge in [0.15, 0.2) is 5.76 Å². The zero-order valence-corrected chi connectivity index (χ0v) is 16.7. The smallest absolute Gasteiger partial charge is 0.231 e. The molecule has 3 aromatic carbocycles. The van der Waals surface area contributed by atoms with Crippen LogP contribution in [0.5, 0.6) is 11.5 Å². The molecule has 1 aliphatic rings. The van der Waals surface area contributed by atoms with Gasteiger partial charge in [0.05, 0.1) is 5.56 Å². The fourth-order valence-electron chi connectivity index (χ4n) is 3.79. The number of Topliss-reactive ketones (excluding diaryl/α,β-unsaturated/α-hetero) is 1. The molecule has 0 bridgehead atoms. The molecule has 0 unspecified atom stereocenters. The van der Waals surface area contributed by atoms with Crippen molar-refractivity contribution in [2.75, 3.05) is 0 Å². The van der Waals surface area contributed by atoms with Gasteiger partial charge in [0.1, 0.15) is 18.1 Å². The van der Waals surface area contributed by atoms with E-state index in [-0.39, 0.29) is 5.78 Å². The van der Waals surface area contributed by atoms with Crippen LogP contribution in [-0.2, 0) is 13.2 Å². The summed E-state index contributed by atoms with van der Waals surface area (Å²) in [5.41, 5.74) is 3.77. The average Bonchev–Trinajstić information content (AvgIpc) is 3.30. The number of hydrogen-bond donors (Lipinski definition) is 0. The molecule has 1 aliphatic heterocycles. The van der Waals surface area contributed by atoms with Gasteiger partial charge in [-0.05, 0) is 36.8 Å². The second kappa shape index (κ2) is 7.56. The number of carbonyl (C=O) groups is 1. The molecule has 0 saturated heterocycles. The first kappa shape index (κ1) is 18.3. The summed E-state index contributed by atoms with van der Waals surface area (Å²) in [7, 11) is 0. The summed E-state index contributed by atoms with van der Waals surface area (Å²) in [6.45, 7) is 3.43. The molecule has 0 N–H and O–H groups in total. The summed E-state index contributed by atoms with van der Waals surface area (Å²) in [6, 6.07) is 23.5. The van der Waals surface area contributed by atoms with E-state index < -0.39 is 0 Å². The van der Waals surface area contributed by atoms with Crippen molar-refractivity contribution in [3.63, 3.8) is 0 Å². The van der Waals surface area contributed by atoms with E-state index in [1.54, 1.807) is 12.1 Å². The maximum absolute atomic E-state index is 12.9. The maximum Gasteiger partial charge on any atom is 0.231 e. The fourth-order valence-corrected chi connectivity index (χ4v) is 3.79. The first-order chi connectivity index (χ1) is 14.7. The molecule has 0 aliphatic carbocycles. The second-order valence-electron chi connectivity index (χ2n) is 7.26. The molecule has 4 heteroatoms. The first-order valence-corrected chi connectivity index (χ1v) is 10.1. The standard InChI is InChI=1S/C26H21NO3/c1-2-27-16-19(21-10-6-7-11-23(21)27)14-25-26(28)22-13-12-20(15-24(22)30-25)29-17-18-8-4-3-5-9-18/h3-16H,2,17H2,1H3/b25-14+. The highest BCUT2D eigenvalue weighted by molar-refractivity contribution is 6.15. The van der Waals surface area contributed by atoms with Crippen molar-refractivity contribution in [3.05, 3.63) is 101 Å². The van der Waals surface area contributed by atoms with Crippen LogP contribution in [0.1, 0.15) is 28.4 Å². The lowest BCUT2D eigenvalue weighted by Gasteiger charge is -2.07. The van der Waals surface area contributed by atoms with Gasteiger partial charge in [-0.3, -0.25) is 4.79 Å². The minimum atomic E-state index is -0.104. The van der Waals surface area contributed by atoms with Crippen molar-refractivity contribution >= 4 is 22.8 Å². The van der Waals surface area contributed by atoms with Crippen LogP contribution in [-0.4, -0.2) is 10.4 Å². The SMILES string of the molecule is CCn1cc(/C=C2/Oc3cc(OCc4ccccc4)ccc3C2=O)c2ccccc21. The van der Waals surface area contributed by atoms with Gasteiger partial charge in [0, 0.05) is 35.3 Å². The third-order valence-corrected chi connectivity index (χ3v) is 5.34. The van der Waals surface area contributed by atoms with Crippen LogP contribution < -0.4 is 9.47 Å². The zero-order chi connectivity index (χ0) is 20.5. The van der Waals surface area contributed by atoms with Crippen LogP contribution in [0, 0.1) is 0 Å². The van der Waals surface area contributed by atoms with E-state index in [1.807, 2.05) is 54.6 Å². The highest BCUT2D eigenvalue weighted by atomic mass is 16.5. The molecule has 0 amide bonds. The van der Waals surface area contributed by atoms with Crippen LogP contribution in [0.15, 0.2) is 84.8 Å². The molecular weight excluding hydrogens is 374 g/mol. The number of fused-ring (bicyclic) bond motifs is 2. The Morgan fingerprint density at radius 1 is 1.00 bits per heavy atom. The van der Waals surface area contributed by atoms with Crippen LogP contribution in [0.3, 0.4) is 0 Å². The molecule has 0 fully saturated rings. The predicted octanol–water partition coefficient (Wildman–Crippen LogP) is 5.86. The molecule has 0 saturated carbocycles. The lowest BCUT2D eigenvalue weighted by atomic mass is 10.1. The molecule has 0 spiro atoms. The highest BCUT2D eigenvalue weighted by Crippen LogP contribution is 2.36. The Bertz CT molecular complexity index is 1270. The van der Waals surface area contributed by atoms with E-state index in [0.717, 1.165) is 28.6 Å². The van der Waals surface area contributed by atoms with E-state index in [1.165, 1.54) is 0 Å². The number of benzene rings is 3. The predicted molar refractivity (Wildman–Crippen MR) is 118 cm³/mol. The fraction of sp³-hybridized carbons (Fsp3) is 0.115. The van der Waals surface area contributed by atoms with Crippen molar-refractivity contribution in [2.45, 2.75) is 20.1 Å². The Balaban J connectivity index is 1.41. The minimum absolute atomic E-state index is 0.104. The van der Waals surface area contributed by atoms with Gasteiger partial charge in [0.25, 0.3) is 0 Å². The number of para-hydroxylation sites is 1. The Morgan fingerprint density at radius 2 is 1.80 bits per heavy atom. The van der Waals surface area contributed by atoms with Crippen LogP contribution in [0.25, 0.3) is 17.0 Å². The van der Waals surface area contributed by atoms with Crippen molar-refractivity contribution < 1.29 is 14.3 Å². The normalized spacial score (nSPS) is 14.2. The monoisotopic (exact) mass is 395 g/mol. The largest absolute Gasteiger partial charge is 0.489 e. The van der Waals surface area contributed by atoms with Crippen LogP contribution >= 0.6 is 0 Å². The van der Waals surface area contributed by atoms with Crippen LogP contribution in [0.2, 0.25) is 0 Å². The first-order valence-electron chi connectivity index (χ1n) is 10.1. The number of aryl methyl sites for hydroxylation is 1. The second-order valence-corrected chi connectivity index (χ2v) is 7.26. The van der Waals surface area contributed by atoms with Gasteiger partial charge in [-0.1, -0.05) is 48.5 Å². The van der Waals surface area contributed by atoms with Gasteiger partial charge in [-0.2, -0.15) is 0 Å². The van der Waals surface area contributed by atoms with Crippen LogP contribution in [0.4, 0.5) is 0 Å². The Kier molecular flexibility index (Phi) is 4.60. The van der Waals surface area contributed by atoms with Crippen molar-refractivity contribution in [3.8, 4) is 11.5 Å². The quantitative estimate of drug-likeness (QED) is 0.398. The number of ether oxygens (including phenoxy) is 2. The maximum atomic E-state index is 12.9. The number of allylic oxidation sites excluding steroid dienone is 1. The lowest BCUT2D eigenvalue weighted by molar-refractivity contribution is 0.101. The van der Waals surface area contributed by atoms with Crippen molar-refractivity contribution in [2.24, 2.45) is 0 Å². The van der Waals surface area contributed by atoms with Crippen molar-refractivity contribution in [1.29, 1.82) is 0 Å². The number of rotatable bonds is 5. The molecule has 0 atom stereocenters. The van der Waals surface area contributed by atoms with Gasteiger partial charge in [-0.25, -0.2) is 0 Å². The Hall–Kier alpha value is -3.79. The molecule has 2 heterocycles. The molecule has 4 nitrogen and oxygen atoms in total.